The maximum absolute atomic E-state index is 11.8. The van der Waals surface area contributed by atoms with Crippen molar-refractivity contribution in [1.29, 1.82) is 0 Å². The first kappa shape index (κ1) is 17.4. The number of carbonyl (C=O) groups excluding carboxylic acids is 2. The van der Waals surface area contributed by atoms with Crippen molar-refractivity contribution in [1.82, 2.24) is 20.5 Å². The molecule has 0 atom stereocenters. The van der Waals surface area contributed by atoms with Crippen molar-refractivity contribution in [3.63, 3.8) is 0 Å². The third-order valence-corrected chi connectivity index (χ3v) is 4.26. The molecule has 2 rings (SSSR count). The minimum Gasteiger partial charge on any atom is -0.352 e. The Labute approximate surface area is 140 Å². The maximum atomic E-state index is 11.8. The van der Waals surface area contributed by atoms with E-state index < -0.39 is 0 Å². The number of aromatic nitrogens is 1. The topological polar surface area (TPSA) is 86.4 Å². The zero-order valence-corrected chi connectivity index (χ0v) is 14.3. The number of amides is 3. The number of fused-ring (bicyclic) bond motifs is 1. The fourth-order valence-corrected chi connectivity index (χ4v) is 3.32. The van der Waals surface area contributed by atoms with Crippen molar-refractivity contribution in [2.45, 2.75) is 32.9 Å². The van der Waals surface area contributed by atoms with Crippen LogP contribution in [0.15, 0.2) is 12.7 Å². The number of hydrogen-bond acceptors (Lipinski definition) is 5. The molecule has 8 heteroatoms. The largest absolute Gasteiger partial charge is 0.352 e. The summed E-state index contributed by atoms with van der Waals surface area (Å²) in [6, 6.07) is -0.166. The summed E-state index contributed by atoms with van der Waals surface area (Å²) in [6.45, 7) is 9.70. The Bertz CT molecular complexity index is 584. The second-order valence-electron chi connectivity index (χ2n) is 5.70. The van der Waals surface area contributed by atoms with Crippen molar-refractivity contribution < 1.29 is 9.59 Å². The smallest absolute Gasteiger partial charge is 0.321 e. The molecule has 1 aliphatic rings. The number of hydrogen-bond donors (Lipinski definition) is 3. The molecule has 0 radical (unpaired) electrons. The van der Waals surface area contributed by atoms with Crippen LogP contribution in [0.3, 0.4) is 0 Å². The van der Waals surface area contributed by atoms with Crippen molar-refractivity contribution in [2.24, 2.45) is 0 Å². The monoisotopic (exact) mass is 337 g/mol. The van der Waals surface area contributed by atoms with Gasteiger partial charge in [-0.05, 0) is 13.8 Å². The molecule has 1 aromatic heterocycles. The van der Waals surface area contributed by atoms with E-state index >= 15 is 0 Å². The average Bonchev–Trinajstić information content (AvgIpc) is 2.85. The Balaban J connectivity index is 1.90. The molecule has 0 spiro atoms. The molecule has 0 fully saturated rings. The van der Waals surface area contributed by atoms with Gasteiger partial charge >= 0.3 is 6.03 Å². The summed E-state index contributed by atoms with van der Waals surface area (Å²) in [5.41, 5.74) is 1.01. The van der Waals surface area contributed by atoms with Gasteiger partial charge in [0, 0.05) is 37.0 Å². The first-order chi connectivity index (χ1) is 11.0. The molecule has 0 bridgehead atoms. The van der Waals surface area contributed by atoms with E-state index in [2.05, 4.69) is 32.4 Å². The van der Waals surface area contributed by atoms with Crippen molar-refractivity contribution in [3.05, 3.63) is 23.2 Å². The first-order valence-corrected chi connectivity index (χ1v) is 8.45. The van der Waals surface area contributed by atoms with E-state index in [1.165, 1.54) is 11.3 Å². The molecular weight excluding hydrogens is 314 g/mol. The zero-order valence-electron chi connectivity index (χ0n) is 13.5. The molecule has 0 saturated heterocycles. The number of anilines is 1. The molecule has 0 aliphatic carbocycles. The van der Waals surface area contributed by atoms with Crippen LogP contribution < -0.4 is 16.0 Å². The van der Waals surface area contributed by atoms with Crippen LogP contribution in [0.25, 0.3) is 0 Å². The van der Waals surface area contributed by atoms with Gasteiger partial charge in [0.25, 0.3) is 0 Å². The predicted octanol–water partition coefficient (Wildman–Crippen LogP) is 1.33. The second kappa shape index (κ2) is 8.07. The SMILES string of the molecule is C=CCNC(=O)CN1CCc2nc(NC(=O)NC(C)C)sc2C1. The van der Waals surface area contributed by atoms with E-state index in [0.717, 1.165) is 23.5 Å². The summed E-state index contributed by atoms with van der Waals surface area (Å²) in [6.07, 6.45) is 2.45. The third-order valence-electron chi connectivity index (χ3n) is 3.26. The van der Waals surface area contributed by atoms with Gasteiger partial charge in [-0.25, -0.2) is 9.78 Å². The van der Waals surface area contributed by atoms with Crippen LogP contribution in [0.2, 0.25) is 0 Å². The summed E-state index contributed by atoms with van der Waals surface area (Å²) < 4.78 is 0. The first-order valence-electron chi connectivity index (χ1n) is 7.64. The summed E-state index contributed by atoms with van der Waals surface area (Å²) in [7, 11) is 0. The van der Waals surface area contributed by atoms with Crippen LogP contribution in [0, 0.1) is 0 Å². The lowest BCUT2D eigenvalue weighted by Gasteiger charge is -2.24. The number of nitrogens with zero attached hydrogens (tertiary/aromatic N) is 2. The van der Waals surface area contributed by atoms with Gasteiger partial charge in [-0.15, -0.1) is 17.9 Å². The van der Waals surface area contributed by atoms with E-state index in [-0.39, 0.29) is 18.0 Å². The zero-order chi connectivity index (χ0) is 16.8. The highest BCUT2D eigenvalue weighted by Crippen LogP contribution is 2.28. The number of thiazole rings is 1. The van der Waals surface area contributed by atoms with Crippen LogP contribution in [-0.2, 0) is 17.8 Å². The van der Waals surface area contributed by atoms with Crippen LogP contribution in [0.1, 0.15) is 24.4 Å². The molecule has 23 heavy (non-hydrogen) atoms. The molecule has 3 N–H and O–H groups in total. The Morgan fingerprint density at radius 1 is 1.48 bits per heavy atom. The highest BCUT2D eigenvalue weighted by molar-refractivity contribution is 7.15. The number of rotatable bonds is 6. The van der Waals surface area contributed by atoms with E-state index in [0.29, 0.717) is 24.8 Å². The van der Waals surface area contributed by atoms with E-state index in [1.54, 1.807) is 6.08 Å². The number of urea groups is 1. The lowest BCUT2D eigenvalue weighted by molar-refractivity contribution is -0.122. The number of carbonyl (C=O) groups is 2. The molecular formula is C15H23N5O2S. The molecule has 0 aromatic carbocycles. The quantitative estimate of drug-likeness (QED) is 0.684. The molecule has 2 heterocycles. The average molecular weight is 337 g/mol. The van der Waals surface area contributed by atoms with Gasteiger partial charge in [-0.3, -0.25) is 15.0 Å². The lowest BCUT2D eigenvalue weighted by atomic mass is 10.2. The van der Waals surface area contributed by atoms with Crippen molar-refractivity contribution in [2.75, 3.05) is 25.0 Å². The molecule has 7 nitrogen and oxygen atoms in total. The van der Waals surface area contributed by atoms with E-state index in [9.17, 15) is 9.59 Å². The van der Waals surface area contributed by atoms with Crippen LogP contribution >= 0.6 is 11.3 Å². The van der Waals surface area contributed by atoms with Gasteiger partial charge in [-0.1, -0.05) is 6.08 Å². The lowest BCUT2D eigenvalue weighted by Crippen LogP contribution is -2.39. The molecule has 0 unspecified atom stereocenters. The highest BCUT2D eigenvalue weighted by Gasteiger charge is 2.22. The summed E-state index contributed by atoms with van der Waals surface area (Å²) in [5.74, 6) is -0.00692. The summed E-state index contributed by atoms with van der Waals surface area (Å²) in [4.78, 5) is 31.1. The Kier molecular flexibility index (Phi) is 6.12. The van der Waals surface area contributed by atoms with Gasteiger partial charge in [-0.2, -0.15) is 0 Å². The van der Waals surface area contributed by atoms with Gasteiger partial charge in [0.05, 0.1) is 12.2 Å². The van der Waals surface area contributed by atoms with Gasteiger partial charge in [0.2, 0.25) is 5.91 Å². The minimum atomic E-state index is -0.244. The van der Waals surface area contributed by atoms with Gasteiger partial charge in [0.1, 0.15) is 0 Å². The number of nitrogens with one attached hydrogen (secondary N) is 3. The Morgan fingerprint density at radius 3 is 2.96 bits per heavy atom. The molecule has 1 aromatic rings. The fraction of sp³-hybridized carbons (Fsp3) is 0.533. The van der Waals surface area contributed by atoms with Gasteiger partial charge < -0.3 is 10.6 Å². The molecule has 3 amide bonds. The van der Waals surface area contributed by atoms with E-state index in [4.69, 9.17) is 0 Å². The molecule has 1 aliphatic heterocycles. The van der Waals surface area contributed by atoms with Crippen LogP contribution in [0.4, 0.5) is 9.93 Å². The maximum Gasteiger partial charge on any atom is 0.321 e. The summed E-state index contributed by atoms with van der Waals surface area (Å²) in [5, 5.41) is 8.91. The standard InChI is InChI=1S/C15H23N5O2S/c1-4-6-16-13(21)9-20-7-5-11-12(8-20)23-15(18-11)19-14(22)17-10(2)3/h4,10H,1,5-9H2,2-3H3,(H,16,21)(H2,17,18,19,22). The molecule has 0 saturated carbocycles. The van der Waals surface area contributed by atoms with Crippen LogP contribution in [-0.4, -0.2) is 47.5 Å². The summed E-state index contributed by atoms with van der Waals surface area (Å²) >= 11 is 1.47. The predicted molar refractivity (Wildman–Crippen MR) is 91.6 cm³/mol. The highest BCUT2D eigenvalue weighted by atomic mass is 32.1. The van der Waals surface area contributed by atoms with Gasteiger partial charge in [0.15, 0.2) is 5.13 Å². The second-order valence-corrected chi connectivity index (χ2v) is 6.78. The Hall–Kier alpha value is -1.93. The fourth-order valence-electron chi connectivity index (χ4n) is 2.28. The minimum absolute atomic E-state index is 0.00692. The molecule has 126 valence electrons. The van der Waals surface area contributed by atoms with Crippen molar-refractivity contribution >= 4 is 28.4 Å². The van der Waals surface area contributed by atoms with Crippen LogP contribution in [0.5, 0.6) is 0 Å². The normalized spacial score (nSPS) is 14.2. The van der Waals surface area contributed by atoms with E-state index in [1.807, 2.05) is 13.8 Å². The third kappa shape index (κ3) is 5.33. The Morgan fingerprint density at radius 2 is 2.26 bits per heavy atom. The van der Waals surface area contributed by atoms with Crippen molar-refractivity contribution in [3.8, 4) is 0 Å².